The molecular formula is C107H115N27O10. The zero-order valence-corrected chi connectivity index (χ0v) is 81.4. The number of H-pyrrole nitrogens is 4. The summed E-state index contributed by atoms with van der Waals surface area (Å²) < 4.78 is 33.9. The van der Waals surface area contributed by atoms with Gasteiger partial charge in [-0.05, 0) is 179 Å². The van der Waals surface area contributed by atoms with Crippen molar-refractivity contribution in [2.75, 3.05) is 188 Å². The molecule has 0 saturated carbocycles. The van der Waals surface area contributed by atoms with E-state index in [0.717, 1.165) is 212 Å². The predicted octanol–water partition coefficient (Wildman–Crippen LogP) is 15.3. The van der Waals surface area contributed by atoms with Crippen molar-refractivity contribution in [3.8, 4) is 62.8 Å². The number of aromatic nitrogens is 16. The first-order chi connectivity index (χ1) is 70.2. The number of ether oxygens (including phenoxy) is 6. The van der Waals surface area contributed by atoms with E-state index in [-0.39, 0.29) is 40.6 Å². The quantitative estimate of drug-likeness (QED) is 0.0211. The second-order valence-corrected chi connectivity index (χ2v) is 37.3. The molecule has 16 aromatic rings. The molecule has 4 aromatic carbocycles. The molecule has 5 saturated heterocycles. The van der Waals surface area contributed by atoms with Crippen LogP contribution in [0.2, 0.25) is 0 Å². The van der Waals surface area contributed by atoms with Crippen LogP contribution in [0.5, 0.6) is 17.2 Å². The van der Waals surface area contributed by atoms with Crippen molar-refractivity contribution in [3.05, 3.63) is 260 Å². The summed E-state index contributed by atoms with van der Waals surface area (Å²) in [6, 6.07) is 55.3. The lowest BCUT2D eigenvalue weighted by Gasteiger charge is -2.40. The first kappa shape index (κ1) is 96.8. The minimum absolute atomic E-state index is 0.0358. The number of benzene rings is 4. The lowest BCUT2D eigenvalue weighted by Crippen LogP contribution is -2.47. The van der Waals surface area contributed by atoms with Crippen LogP contribution in [0, 0.1) is 10.8 Å². The van der Waals surface area contributed by atoms with Crippen molar-refractivity contribution < 1.29 is 47.6 Å². The zero-order chi connectivity index (χ0) is 99.1. The highest BCUT2D eigenvalue weighted by atomic mass is 16.5. The molecule has 17 heterocycles. The first-order valence-corrected chi connectivity index (χ1v) is 48.3. The Hall–Kier alpha value is -16.1. The standard InChI is InChI=1S/C29H33N7O3.C28H31N7O3.C28H29N7O2.C22H22N6O2/c1-3-29(17-38-18-29)19-39-22-6-8-30-25(16-22)24-7-9-31-28(34-24)32-21-4-5-23-20(14-21)15-26(33-23)27(37)36-12-10-35(2)11-13-36;1-28(16-37-17-28)18-38-21-5-7-29-24(15-21)23-6-8-30-27(33-23)31-20-3-4-22-19(13-20)14-25(32-22)26(36)35-11-9-34(2)10-12-35;1-34-12-14-35(15-13-34)27(36)26-17-19-16-20(6-7-23(19)32-26)31-28-30-11-9-24(33-28)25-18-22(8-10-29-25)37-21-4-2-3-5-21;1-28(11-12-30-2)21(29)20-14-15-13-16(6-7-17(15)26-20)25-22-24-10-8-19(27-22)18-5-3-4-9-23-18/h4-9,14-16,33H,3,10-13,17-19H2,1-2H3,(H,31,32,34);3-8,13-15,32H,9-12,16-18H2,1-2H3,(H,30,31,33);2-3,6-11,16-18,21,32H,4-5,12-15H2,1H3,(H,30,31,33);3-10,13-14,26H,11-12H2,1-2H3,(H,24,25,27). The first-order valence-electron chi connectivity index (χ1n) is 48.3. The summed E-state index contributed by atoms with van der Waals surface area (Å²) in [5.74, 6) is 4.18. The van der Waals surface area contributed by atoms with Crippen molar-refractivity contribution in [2.45, 2.75) is 39.2 Å². The maximum atomic E-state index is 13.0. The van der Waals surface area contributed by atoms with E-state index in [4.69, 9.17) is 28.4 Å². The van der Waals surface area contributed by atoms with Crippen molar-refractivity contribution in [3.63, 3.8) is 0 Å². The predicted molar refractivity (Wildman–Crippen MR) is 553 cm³/mol. The number of nitrogens with one attached hydrogen (secondary N) is 8. The van der Waals surface area contributed by atoms with Gasteiger partial charge in [-0.25, -0.2) is 39.9 Å². The number of rotatable bonds is 28. The Morgan fingerprint density at radius 3 is 1.11 bits per heavy atom. The third-order valence-corrected chi connectivity index (χ3v) is 26.2. The molecule has 5 fully saturated rings. The number of aromatic amines is 4. The van der Waals surface area contributed by atoms with E-state index in [1.54, 1.807) is 68.6 Å². The Kier molecular flexibility index (Phi) is 29.8. The maximum absolute atomic E-state index is 13.0. The molecule has 6 aliphatic rings. The summed E-state index contributed by atoms with van der Waals surface area (Å²) in [7, 11) is 9.61. The topological polar surface area (TPSA) is 412 Å². The van der Waals surface area contributed by atoms with Crippen LogP contribution in [0.1, 0.15) is 75.1 Å². The smallest absolute Gasteiger partial charge is 0.270 e. The minimum atomic E-state index is -0.0795. The van der Waals surface area contributed by atoms with Crippen molar-refractivity contribution >= 4 is 114 Å². The number of pyridine rings is 4. The van der Waals surface area contributed by atoms with Gasteiger partial charge in [-0.3, -0.25) is 39.1 Å². The van der Waals surface area contributed by atoms with Gasteiger partial charge in [-0.2, -0.15) is 0 Å². The second-order valence-electron chi connectivity index (χ2n) is 37.3. The van der Waals surface area contributed by atoms with Crippen LogP contribution >= 0.6 is 0 Å². The molecule has 738 valence electrons. The fraction of sp³-hybridized carbons (Fsp3) is 0.308. The summed E-state index contributed by atoms with van der Waals surface area (Å²) >= 11 is 0. The summed E-state index contributed by atoms with van der Waals surface area (Å²) in [6.45, 7) is 19.3. The number of anilines is 8. The molecule has 12 aromatic heterocycles. The van der Waals surface area contributed by atoms with Gasteiger partial charge in [-0.1, -0.05) is 32.1 Å². The van der Waals surface area contributed by atoms with E-state index in [1.165, 1.54) is 0 Å². The number of likely N-dealkylation sites (N-methyl/N-ethyl adjacent to an activating group) is 4. The monoisotopic (exact) mass is 1940 g/mol. The van der Waals surface area contributed by atoms with Gasteiger partial charge in [-0.15, -0.1) is 0 Å². The Balaban J connectivity index is 0.000000122. The molecule has 22 rings (SSSR count). The Bertz CT molecular complexity index is 7230. The zero-order valence-electron chi connectivity index (χ0n) is 81.4. The van der Waals surface area contributed by atoms with Crippen LogP contribution in [0.15, 0.2) is 238 Å². The number of fused-ring (bicyclic) bond motifs is 4. The number of carbonyl (C=O) groups is 4. The second kappa shape index (κ2) is 44.4. The van der Waals surface area contributed by atoms with E-state index in [1.807, 2.05) is 191 Å². The molecule has 0 unspecified atom stereocenters. The number of methoxy groups -OCH3 is 1. The van der Waals surface area contributed by atoms with Crippen molar-refractivity contribution in [1.29, 1.82) is 0 Å². The summed E-state index contributed by atoms with van der Waals surface area (Å²) in [6.07, 6.45) is 21.1. The molecule has 0 radical (unpaired) electrons. The van der Waals surface area contributed by atoms with Gasteiger partial charge >= 0.3 is 0 Å². The number of carbonyl (C=O) groups excluding carboxylic acids is 4. The Morgan fingerprint density at radius 2 is 0.750 bits per heavy atom. The van der Waals surface area contributed by atoms with Crippen LogP contribution in [-0.4, -0.2) is 310 Å². The Labute approximate surface area is 832 Å². The number of nitrogens with zero attached hydrogens (tertiary/aromatic N) is 19. The SMILES string of the molecule is CCC1(COc2ccnc(-c3ccnc(Nc4ccc5[nH]c(C(=O)N6CCN(C)CC6)cc5c4)n3)c2)COC1.CN1CCN(C(=O)c2cc3cc(Nc4nccc(-c5cc(OC6CC=CC6)ccn5)n4)ccc3[nH]2)CC1.CN1CCN(C(=O)c2cc3cc(Nc4nccc(-c5cc(OCC6(C)COC6)ccn5)n4)ccc3[nH]2)CC1.COCCN(C)C(=O)c1cc2cc(Nc3nccc(-c4ccccn4)n3)ccc2[nH]1. The largest absolute Gasteiger partial charge is 0.493 e. The highest BCUT2D eigenvalue weighted by molar-refractivity contribution is 6.02. The summed E-state index contributed by atoms with van der Waals surface area (Å²) in [5.41, 5.74) is 15.2. The molecule has 0 atom stereocenters. The maximum Gasteiger partial charge on any atom is 0.270 e. The van der Waals surface area contributed by atoms with Crippen LogP contribution in [0.4, 0.5) is 46.5 Å². The van der Waals surface area contributed by atoms with Crippen LogP contribution in [0.25, 0.3) is 89.2 Å². The summed E-state index contributed by atoms with van der Waals surface area (Å²) in [4.78, 5) is 132. The van der Waals surface area contributed by atoms with Gasteiger partial charge in [0.2, 0.25) is 23.8 Å². The lowest BCUT2D eigenvalue weighted by atomic mass is 9.84. The van der Waals surface area contributed by atoms with Crippen LogP contribution in [-0.2, 0) is 14.2 Å². The van der Waals surface area contributed by atoms with Gasteiger partial charge in [0.15, 0.2) is 0 Å². The van der Waals surface area contributed by atoms with Gasteiger partial charge in [0, 0.05) is 252 Å². The molecule has 0 bridgehead atoms. The van der Waals surface area contributed by atoms with Crippen molar-refractivity contribution in [1.82, 2.24) is 114 Å². The number of hydrogen-bond acceptors (Lipinski definition) is 29. The van der Waals surface area contributed by atoms with E-state index in [2.05, 4.69) is 163 Å². The molecule has 0 spiro atoms. The average molecular weight is 1940 g/mol. The van der Waals surface area contributed by atoms with Crippen LogP contribution < -0.4 is 35.5 Å². The Morgan fingerprint density at radius 1 is 0.396 bits per heavy atom. The molecule has 37 nitrogen and oxygen atoms in total. The number of hydrogen-bond donors (Lipinski definition) is 8. The molecule has 8 N–H and O–H groups in total. The third-order valence-electron chi connectivity index (χ3n) is 26.2. The highest BCUT2D eigenvalue weighted by Gasteiger charge is 2.38. The lowest BCUT2D eigenvalue weighted by molar-refractivity contribution is -0.133. The molecule has 144 heavy (non-hydrogen) atoms. The van der Waals surface area contributed by atoms with E-state index >= 15 is 0 Å². The molecular weight excluding hydrogens is 1820 g/mol. The third kappa shape index (κ3) is 24.0. The van der Waals surface area contributed by atoms with Crippen molar-refractivity contribution in [2.24, 2.45) is 10.8 Å². The normalized spacial score (nSPS) is 15.7. The average Bonchev–Trinajstić information content (AvgIpc) is 1.71. The number of piperazine rings is 3. The fourth-order valence-electron chi connectivity index (χ4n) is 17.3. The number of amides is 4. The van der Waals surface area contributed by atoms with E-state index in [0.29, 0.717) is 115 Å². The fourth-order valence-corrected chi connectivity index (χ4v) is 17.3. The minimum Gasteiger partial charge on any atom is -0.493 e. The van der Waals surface area contributed by atoms with Crippen LogP contribution in [0.3, 0.4) is 0 Å². The van der Waals surface area contributed by atoms with Gasteiger partial charge < -0.3 is 104 Å². The van der Waals surface area contributed by atoms with Gasteiger partial charge in [0.05, 0.1) is 97.2 Å². The highest BCUT2D eigenvalue weighted by Crippen LogP contribution is 2.36. The van der Waals surface area contributed by atoms with E-state index < -0.39 is 0 Å². The van der Waals surface area contributed by atoms with E-state index in [9.17, 15) is 19.2 Å². The molecule has 4 amide bonds. The van der Waals surface area contributed by atoms with Gasteiger partial charge in [0.25, 0.3) is 23.6 Å². The molecule has 1 aliphatic carbocycles. The molecule has 37 heteroatoms. The molecule has 5 aliphatic heterocycles. The van der Waals surface area contributed by atoms with Gasteiger partial charge in [0.1, 0.15) is 46.1 Å². The summed E-state index contributed by atoms with van der Waals surface area (Å²) in [5, 5.41) is 16.8.